The minimum atomic E-state index is -0.103. The van der Waals surface area contributed by atoms with E-state index in [0.29, 0.717) is 44.8 Å². The van der Waals surface area contributed by atoms with Crippen LogP contribution in [0.2, 0.25) is 0 Å². The molecule has 0 bridgehead atoms. The van der Waals surface area contributed by atoms with E-state index in [1.54, 1.807) is 17.0 Å². The Balaban J connectivity index is 1.42. The van der Waals surface area contributed by atoms with Gasteiger partial charge in [-0.3, -0.25) is 14.5 Å². The molecule has 0 radical (unpaired) electrons. The number of carbonyl (C=O) groups is 3. The number of hydrogen-bond donors (Lipinski definition) is 2. The minimum Gasteiger partial charge on any atom is -0.337 e. The Morgan fingerprint density at radius 2 is 1.85 bits per heavy atom. The Bertz CT molecular complexity index is 735. The molecule has 1 atom stereocenters. The summed E-state index contributed by atoms with van der Waals surface area (Å²) in [5.74, 6) is 0.105. The highest BCUT2D eigenvalue weighted by molar-refractivity contribution is 5.97. The quantitative estimate of drug-likeness (QED) is 0.798. The van der Waals surface area contributed by atoms with Crippen LogP contribution in [0.4, 0.5) is 10.5 Å². The highest BCUT2D eigenvalue weighted by Crippen LogP contribution is 2.21. The SMILES string of the molecule is O=C(c1ccc(N2CCNC2=O)cc1)N1CCCC(N2CCNCC2=O)C1. The van der Waals surface area contributed by atoms with Crippen molar-refractivity contribution >= 4 is 23.5 Å². The Hall–Kier alpha value is -2.61. The van der Waals surface area contributed by atoms with E-state index >= 15 is 0 Å². The van der Waals surface area contributed by atoms with Crippen molar-refractivity contribution in [2.24, 2.45) is 0 Å². The maximum Gasteiger partial charge on any atom is 0.321 e. The van der Waals surface area contributed by atoms with E-state index in [-0.39, 0.29) is 23.9 Å². The lowest BCUT2D eigenvalue weighted by Gasteiger charge is -2.41. The molecule has 8 heteroatoms. The molecule has 1 unspecified atom stereocenters. The van der Waals surface area contributed by atoms with Crippen LogP contribution >= 0.6 is 0 Å². The van der Waals surface area contributed by atoms with E-state index in [9.17, 15) is 14.4 Å². The molecule has 3 aliphatic heterocycles. The molecule has 0 spiro atoms. The normalized spacial score (nSPS) is 23.6. The van der Waals surface area contributed by atoms with Gasteiger partial charge >= 0.3 is 6.03 Å². The van der Waals surface area contributed by atoms with E-state index in [2.05, 4.69) is 10.6 Å². The summed E-state index contributed by atoms with van der Waals surface area (Å²) < 4.78 is 0. The molecule has 1 aromatic rings. The van der Waals surface area contributed by atoms with Crippen LogP contribution in [0.5, 0.6) is 0 Å². The fourth-order valence-electron chi connectivity index (χ4n) is 4.09. The zero-order valence-electron chi connectivity index (χ0n) is 15.3. The van der Waals surface area contributed by atoms with E-state index < -0.39 is 0 Å². The number of piperidine rings is 1. The lowest BCUT2D eigenvalue weighted by Crippen LogP contribution is -2.57. The summed E-state index contributed by atoms with van der Waals surface area (Å²) in [6.45, 7) is 4.47. The van der Waals surface area contributed by atoms with Crippen molar-refractivity contribution in [3.05, 3.63) is 29.8 Å². The molecular weight excluding hydrogens is 346 g/mol. The number of amides is 4. The molecule has 3 heterocycles. The number of urea groups is 1. The topological polar surface area (TPSA) is 85.0 Å². The molecule has 144 valence electrons. The second kappa shape index (κ2) is 7.56. The highest BCUT2D eigenvalue weighted by Gasteiger charge is 2.32. The van der Waals surface area contributed by atoms with Gasteiger partial charge in [0.05, 0.1) is 6.54 Å². The summed E-state index contributed by atoms with van der Waals surface area (Å²) >= 11 is 0. The molecule has 2 N–H and O–H groups in total. The second-order valence-electron chi connectivity index (χ2n) is 7.24. The Morgan fingerprint density at radius 3 is 2.56 bits per heavy atom. The number of hydrogen-bond acceptors (Lipinski definition) is 4. The van der Waals surface area contributed by atoms with Crippen LogP contribution in [0.3, 0.4) is 0 Å². The van der Waals surface area contributed by atoms with Crippen LogP contribution in [0.1, 0.15) is 23.2 Å². The van der Waals surface area contributed by atoms with Gasteiger partial charge in [-0.15, -0.1) is 0 Å². The summed E-state index contributed by atoms with van der Waals surface area (Å²) in [6.07, 6.45) is 1.85. The van der Waals surface area contributed by atoms with Crippen LogP contribution in [-0.4, -0.2) is 79.5 Å². The summed E-state index contributed by atoms with van der Waals surface area (Å²) in [5.41, 5.74) is 1.41. The predicted molar refractivity (Wildman–Crippen MR) is 101 cm³/mol. The van der Waals surface area contributed by atoms with Crippen LogP contribution in [-0.2, 0) is 4.79 Å². The van der Waals surface area contributed by atoms with Crippen molar-refractivity contribution in [3.63, 3.8) is 0 Å². The first kappa shape index (κ1) is 17.8. The second-order valence-corrected chi connectivity index (χ2v) is 7.24. The molecule has 8 nitrogen and oxygen atoms in total. The zero-order valence-corrected chi connectivity index (χ0v) is 15.3. The van der Waals surface area contributed by atoms with Crippen molar-refractivity contribution < 1.29 is 14.4 Å². The third kappa shape index (κ3) is 3.62. The highest BCUT2D eigenvalue weighted by atomic mass is 16.2. The molecule has 1 aromatic carbocycles. The molecule has 4 amide bonds. The fraction of sp³-hybridized carbons (Fsp3) is 0.526. The fourth-order valence-corrected chi connectivity index (χ4v) is 4.09. The Kier molecular flexibility index (Phi) is 4.98. The van der Waals surface area contributed by atoms with Gasteiger partial charge in [-0.1, -0.05) is 0 Å². The zero-order chi connectivity index (χ0) is 18.8. The van der Waals surface area contributed by atoms with Gasteiger partial charge in [-0.2, -0.15) is 0 Å². The number of nitrogens with one attached hydrogen (secondary N) is 2. The lowest BCUT2D eigenvalue weighted by molar-refractivity contribution is -0.135. The molecule has 0 aliphatic carbocycles. The van der Waals surface area contributed by atoms with Gasteiger partial charge < -0.3 is 20.4 Å². The predicted octanol–water partition coefficient (Wildman–Crippen LogP) is 0.253. The molecule has 3 fully saturated rings. The van der Waals surface area contributed by atoms with Crippen molar-refractivity contribution in [1.82, 2.24) is 20.4 Å². The van der Waals surface area contributed by atoms with Gasteiger partial charge in [-0.25, -0.2) is 4.79 Å². The number of carbonyl (C=O) groups excluding carboxylic acids is 3. The monoisotopic (exact) mass is 371 g/mol. The van der Waals surface area contributed by atoms with Crippen molar-refractivity contribution in [3.8, 4) is 0 Å². The minimum absolute atomic E-state index is 0.0142. The molecule has 3 saturated heterocycles. The first-order valence-corrected chi connectivity index (χ1v) is 9.58. The average molecular weight is 371 g/mol. The van der Waals surface area contributed by atoms with E-state index in [0.717, 1.165) is 25.1 Å². The molecule has 0 saturated carbocycles. The maximum absolute atomic E-state index is 12.9. The average Bonchev–Trinajstić information content (AvgIpc) is 3.14. The first-order valence-electron chi connectivity index (χ1n) is 9.58. The number of anilines is 1. The molecule has 3 aliphatic rings. The van der Waals surface area contributed by atoms with Crippen LogP contribution < -0.4 is 15.5 Å². The van der Waals surface area contributed by atoms with Gasteiger partial charge in [-0.05, 0) is 37.1 Å². The third-order valence-electron chi connectivity index (χ3n) is 5.53. The maximum atomic E-state index is 12.9. The van der Waals surface area contributed by atoms with Crippen molar-refractivity contribution in [2.45, 2.75) is 18.9 Å². The molecule has 27 heavy (non-hydrogen) atoms. The van der Waals surface area contributed by atoms with Gasteiger partial charge in [0.2, 0.25) is 5.91 Å². The summed E-state index contributed by atoms with van der Waals surface area (Å²) in [4.78, 5) is 42.3. The Morgan fingerprint density at radius 1 is 1.04 bits per heavy atom. The summed E-state index contributed by atoms with van der Waals surface area (Å²) in [5, 5.41) is 5.86. The van der Waals surface area contributed by atoms with Crippen molar-refractivity contribution in [1.29, 1.82) is 0 Å². The van der Waals surface area contributed by atoms with Gasteiger partial charge in [0, 0.05) is 56.6 Å². The molecule has 4 rings (SSSR count). The largest absolute Gasteiger partial charge is 0.337 e. The van der Waals surface area contributed by atoms with E-state index in [1.165, 1.54) is 0 Å². The van der Waals surface area contributed by atoms with E-state index in [4.69, 9.17) is 0 Å². The van der Waals surface area contributed by atoms with Crippen LogP contribution in [0.15, 0.2) is 24.3 Å². The van der Waals surface area contributed by atoms with Gasteiger partial charge in [0.15, 0.2) is 0 Å². The lowest BCUT2D eigenvalue weighted by atomic mass is 10.0. The van der Waals surface area contributed by atoms with Crippen molar-refractivity contribution in [2.75, 3.05) is 50.7 Å². The molecule has 0 aromatic heterocycles. The summed E-state index contributed by atoms with van der Waals surface area (Å²) in [7, 11) is 0. The smallest absolute Gasteiger partial charge is 0.321 e. The van der Waals surface area contributed by atoms with Crippen LogP contribution in [0, 0.1) is 0 Å². The molecular formula is C19H25N5O3. The van der Waals surface area contributed by atoms with Gasteiger partial charge in [0.25, 0.3) is 5.91 Å². The van der Waals surface area contributed by atoms with Gasteiger partial charge in [0.1, 0.15) is 0 Å². The standard InChI is InChI=1S/C19H25N5O3/c25-17-12-20-7-10-23(17)16-2-1-9-22(13-16)18(26)14-3-5-15(6-4-14)24-11-8-21-19(24)27/h3-6,16,20H,1-2,7-13H2,(H,21,27). The Labute approximate surface area is 158 Å². The van der Waals surface area contributed by atoms with E-state index in [1.807, 2.05) is 21.9 Å². The number of rotatable bonds is 3. The number of nitrogens with zero attached hydrogens (tertiary/aromatic N) is 3. The third-order valence-corrected chi connectivity index (χ3v) is 5.53. The number of likely N-dealkylation sites (tertiary alicyclic amines) is 1. The van der Waals surface area contributed by atoms with Crippen LogP contribution in [0.25, 0.3) is 0 Å². The summed E-state index contributed by atoms with van der Waals surface area (Å²) in [6, 6.07) is 7.20. The number of benzene rings is 1. The number of piperazine rings is 1. The first-order chi connectivity index (χ1) is 13.1.